The molecule has 0 aliphatic carbocycles. The Morgan fingerprint density at radius 3 is 2.68 bits per heavy atom. The number of hydrogen-bond acceptors (Lipinski definition) is 5. The number of nitrogens with one attached hydrogen (secondary N) is 2. The van der Waals surface area contributed by atoms with Gasteiger partial charge in [-0.2, -0.15) is 0 Å². The van der Waals surface area contributed by atoms with Gasteiger partial charge >= 0.3 is 6.03 Å². The summed E-state index contributed by atoms with van der Waals surface area (Å²) in [4.78, 5) is 37.6. The zero-order valence-electron chi connectivity index (χ0n) is 15.0. The Morgan fingerprint density at radius 1 is 1.11 bits per heavy atom. The molecule has 0 bridgehead atoms. The van der Waals surface area contributed by atoms with Crippen LogP contribution in [0.5, 0.6) is 11.5 Å². The number of anilines is 1. The van der Waals surface area contributed by atoms with Gasteiger partial charge in [0.25, 0.3) is 5.91 Å². The Kier molecular flexibility index (Phi) is 4.84. The lowest BCUT2D eigenvalue weighted by Crippen LogP contribution is -2.50. The number of fused-ring (bicyclic) bond motifs is 1. The van der Waals surface area contributed by atoms with E-state index >= 15 is 0 Å². The molecule has 0 radical (unpaired) electrons. The van der Waals surface area contributed by atoms with Gasteiger partial charge in [0.15, 0.2) is 11.5 Å². The third-order valence-electron chi connectivity index (χ3n) is 4.55. The summed E-state index contributed by atoms with van der Waals surface area (Å²) in [5.41, 5.74) is 0.806. The van der Waals surface area contributed by atoms with Crippen molar-refractivity contribution in [3.8, 4) is 11.5 Å². The van der Waals surface area contributed by atoms with Crippen LogP contribution in [0.2, 0.25) is 0 Å². The van der Waals surface area contributed by atoms with E-state index in [1.807, 2.05) is 24.3 Å². The third kappa shape index (κ3) is 3.62. The number of para-hydroxylation sites is 3. The van der Waals surface area contributed by atoms with Gasteiger partial charge in [0.1, 0.15) is 12.7 Å². The van der Waals surface area contributed by atoms with Crippen molar-refractivity contribution in [3.05, 3.63) is 54.1 Å². The molecule has 4 rings (SSSR count). The minimum atomic E-state index is -0.530. The highest BCUT2D eigenvalue weighted by atomic mass is 16.6. The van der Waals surface area contributed by atoms with Crippen LogP contribution in [0.1, 0.15) is 16.8 Å². The van der Waals surface area contributed by atoms with Crippen LogP contribution < -0.4 is 25.0 Å². The third-order valence-corrected chi connectivity index (χ3v) is 4.55. The van der Waals surface area contributed by atoms with Gasteiger partial charge in [-0.05, 0) is 24.3 Å². The first-order chi connectivity index (χ1) is 13.6. The second-order valence-corrected chi connectivity index (χ2v) is 6.48. The van der Waals surface area contributed by atoms with E-state index in [4.69, 9.17) is 9.47 Å². The highest BCUT2D eigenvalue weighted by molar-refractivity contribution is 6.09. The molecule has 1 atom stereocenters. The SMILES string of the molecule is O=C1CCN(c2ccccc2C(=O)NC[C@@H]2COc3ccccc3O2)C(=O)N1. The summed E-state index contributed by atoms with van der Waals surface area (Å²) < 4.78 is 11.5. The Bertz CT molecular complexity index is 930. The maximum atomic E-state index is 12.7. The fourth-order valence-electron chi connectivity index (χ4n) is 3.16. The van der Waals surface area contributed by atoms with Crippen LogP contribution in [0.3, 0.4) is 0 Å². The summed E-state index contributed by atoms with van der Waals surface area (Å²) in [6, 6.07) is 13.6. The van der Waals surface area contributed by atoms with Gasteiger partial charge in [-0.15, -0.1) is 0 Å². The van der Waals surface area contributed by atoms with E-state index in [9.17, 15) is 14.4 Å². The van der Waals surface area contributed by atoms with E-state index in [0.717, 1.165) is 0 Å². The monoisotopic (exact) mass is 381 g/mol. The van der Waals surface area contributed by atoms with Crippen molar-refractivity contribution in [1.82, 2.24) is 10.6 Å². The molecule has 2 aromatic rings. The van der Waals surface area contributed by atoms with Crippen LogP contribution in [-0.4, -0.2) is 43.6 Å². The number of rotatable bonds is 4. The van der Waals surface area contributed by atoms with Crippen molar-refractivity contribution in [1.29, 1.82) is 0 Å². The number of urea groups is 1. The van der Waals surface area contributed by atoms with E-state index in [-0.39, 0.29) is 37.4 Å². The van der Waals surface area contributed by atoms with Gasteiger partial charge in [-0.3, -0.25) is 19.8 Å². The quantitative estimate of drug-likeness (QED) is 0.840. The number of imide groups is 1. The molecule has 2 heterocycles. The molecule has 2 aromatic carbocycles. The fourth-order valence-corrected chi connectivity index (χ4v) is 3.16. The van der Waals surface area contributed by atoms with Crippen LogP contribution in [0.4, 0.5) is 10.5 Å². The standard InChI is InChI=1S/C20H19N3O5/c24-18-9-10-23(20(26)22-18)15-6-2-1-5-14(15)19(25)21-11-13-12-27-16-7-3-4-8-17(16)28-13/h1-8,13H,9-12H2,(H,21,25)(H,22,24,26)/t13-/m1/s1. The Balaban J connectivity index is 1.43. The van der Waals surface area contributed by atoms with Gasteiger partial charge in [-0.25, -0.2) is 4.79 Å². The van der Waals surface area contributed by atoms with Gasteiger partial charge in [0.2, 0.25) is 5.91 Å². The lowest BCUT2D eigenvalue weighted by atomic mass is 10.1. The highest BCUT2D eigenvalue weighted by Crippen LogP contribution is 2.30. The van der Waals surface area contributed by atoms with E-state index in [1.54, 1.807) is 24.3 Å². The van der Waals surface area contributed by atoms with Crippen molar-refractivity contribution >= 4 is 23.5 Å². The molecule has 0 unspecified atom stereocenters. The maximum Gasteiger partial charge on any atom is 0.328 e. The van der Waals surface area contributed by atoms with Crippen LogP contribution in [0, 0.1) is 0 Å². The first kappa shape index (κ1) is 17.8. The van der Waals surface area contributed by atoms with Gasteiger partial charge < -0.3 is 14.8 Å². The van der Waals surface area contributed by atoms with Gasteiger partial charge in [-0.1, -0.05) is 24.3 Å². The molecule has 1 saturated heterocycles. The number of amides is 4. The molecule has 28 heavy (non-hydrogen) atoms. The van der Waals surface area contributed by atoms with Crippen molar-refractivity contribution in [3.63, 3.8) is 0 Å². The minimum Gasteiger partial charge on any atom is -0.486 e. The second-order valence-electron chi connectivity index (χ2n) is 6.48. The molecule has 8 nitrogen and oxygen atoms in total. The van der Waals surface area contributed by atoms with Crippen LogP contribution in [0.25, 0.3) is 0 Å². The summed E-state index contributed by atoms with van der Waals surface area (Å²) in [6.45, 7) is 0.813. The topological polar surface area (TPSA) is 97.0 Å². The largest absolute Gasteiger partial charge is 0.486 e. The average Bonchev–Trinajstić information content (AvgIpc) is 2.72. The predicted octanol–water partition coefficient (Wildman–Crippen LogP) is 1.70. The van der Waals surface area contributed by atoms with Crippen LogP contribution in [-0.2, 0) is 4.79 Å². The molecule has 0 aromatic heterocycles. The molecule has 4 amide bonds. The highest BCUT2D eigenvalue weighted by Gasteiger charge is 2.28. The van der Waals surface area contributed by atoms with Crippen molar-refractivity contribution in [2.75, 3.05) is 24.6 Å². The number of benzene rings is 2. The molecule has 1 fully saturated rings. The summed E-state index contributed by atoms with van der Waals surface area (Å²) in [5, 5.41) is 5.10. The van der Waals surface area contributed by atoms with Crippen LogP contribution in [0.15, 0.2) is 48.5 Å². The molecular formula is C20H19N3O5. The number of hydrogen-bond donors (Lipinski definition) is 2. The van der Waals surface area contributed by atoms with Gasteiger partial charge in [0, 0.05) is 13.0 Å². The van der Waals surface area contributed by atoms with E-state index in [2.05, 4.69) is 10.6 Å². The van der Waals surface area contributed by atoms with Crippen molar-refractivity contribution in [2.45, 2.75) is 12.5 Å². The Morgan fingerprint density at radius 2 is 1.86 bits per heavy atom. The van der Waals surface area contributed by atoms with E-state index in [0.29, 0.717) is 29.4 Å². The molecule has 2 aliphatic rings. The van der Waals surface area contributed by atoms with Crippen LogP contribution >= 0.6 is 0 Å². The smallest absolute Gasteiger partial charge is 0.328 e. The van der Waals surface area contributed by atoms with Gasteiger partial charge in [0.05, 0.1) is 17.8 Å². The summed E-state index contributed by atoms with van der Waals surface area (Å²) in [6.07, 6.45) is -0.129. The Labute approximate surface area is 161 Å². The zero-order valence-corrected chi connectivity index (χ0v) is 15.0. The number of carbonyl (C=O) groups is 3. The molecule has 144 valence electrons. The lowest BCUT2D eigenvalue weighted by Gasteiger charge is -2.29. The molecule has 0 spiro atoms. The maximum absolute atomic E-state index is 12.7. The minimum absolute atomic E-state index is 0.189. The fraction of sp³-hybridized carbons (Fsp3) is 0.250. The first-order valence-electron chi connectivity index (χ1n) is 8.99. The predicted molar refractivity (Wildman–Crippen MR) is 101 cm³/mol. The lowest BCUT2D eigenvalue weighted by molar-refractivity contribution is -0.120. The summed E-state index contributed by atoms with van der Waals surface area (Å²) in [7, 11) is 0. The van der Waals surface area contributed by atoms with E-state index in [1.165, 1.54) is 4.90 Å². The molecule has 8 heteroatoms. The number of ether oxygens (including phenoxy) is 2. The Hall–Kier alpha value is -3.55. The van der Waals surface area contributed by atoms with E-state index < -0.39 is 6.03 Å². The summed E-state index contributed by atoms with van der Waals surface area (Å²) in [5.74, 6) is 0.671. The number of carbonyl (C=O) groups excluding carboxylic acids is 3. The zero-order chi connectivity index (χ0) is 19.5. The molecule has 2 N–H and O–H groups in total. The molecular weight excluding hydrogens is 362 g/mol. The van der Waals surface area contributed by atoms with Crippen molar-refractivity contribution in [2.24, 2.45) is 0 Å². The number of nitrogens with zero attached hydrogens (tertiary/aromatic N) is 1. The molecule has 0 saturated carbocycles. The summed E-state index contributed by atoms with van der Waals surface area (Å²) >= 11 is 0. The average molecular weight is 381 g/mol. The molecule has 2 aliphatic heterocycles. The first-order valence-corrected chi connectivity index (χ1v) is 8.99. The normalized spacial score (nSPS) is 18.4. The second kappa shape index (κ2) is 7.59. The van der Waals surface area contributed by atoms with Crippen molar-refractivity contribution < 1.29 is 23.9 Å².